The van der Waals surface area contributed by atoms with Crippen molar-refractivity contribution < 1.29 is 22.8 Å². The molecule has 45 heavy (non-hydrogen) atoms. The average molecular weight is 618 g/mol. The number of rotatable bonds is 3. The molecule has 2 amide bonds. The van der Waals surface area contributed by atoms with Crippen molar-refractivity contribution in [1.29, 1.82) is 0 Å². The van der Waals surface area contributed by atoms with Gasteiger partial charge in [-0.1, -0.05) is 37.1 Å². The number of benzene rings is 1. The Kier molecular flexibility index (Phi) is 8.55. The molecule has 0 radical (unpaired) electrons. The van der Waals surface area contributed by atoms with Crippen molar-refractivity contribution in [3.8, 4) is 11.3 Å². The van der Waals surface area contributed by atoms with E-state index in [0.29, 0.717) is 35.4 Å². The summed E-state index contributed by atoms with van der Waals surface area (Å²) < 4.78 is 41.3. The molecule has 234 valence electrons. The van der Waals surface area contributed by atoms with Crippen molar-refractivity contribution in [2.75, 3.05) is 24.1 Å². The molecule has 5 heterocycles. The summed E-state index contributed by atoms with van der Waals surface area (Å²) in [4.78, 5) is 36.2. The van der Waals surface area contributed by atoms with Gasteiger partial charge in [-0.2, -0.15) is 18.3 Å². The summed E-state index contributed by atoms with van der Waals surface area (Å²) in [6.45, 7) is 1.29. The number of amides is 2. The van der Waals surface area contributed by atoms with Gasteiger partial charge in [-0.15, -0.1) is 0 Å². The van der Waals surface area contributed by atoms with Gasteiger partial charge < -0.3 is 16.0 Å². The Bertz CT molecular complexity index is 1750. The number of nitrogens with one attached hydrogen (secondary N) is 1. The first-order chi connectivity index (χ1) is 21.7. The molecule has 0 spiro atoms. The number of aromatic nitrogens is 4. The van der Waals surface area contributed by atoms with Gasteiger partial charge in [-0.25, -0.2) is 9.97 Å². The first-order valence-corrected chi connectivity index (χ1v) is 15.2. The van der Waals surface area contributed by atoms with Crippen LogP contribution in [-0.4, -0.2) is 49.6 Å². The molecule has 3 aromatic heterocycles. The molecular formula is C33H34F3N7O2. The highest BCUT2D eigenvalue weighted by atomic mass is 19.4. The van der Waals surface area contributed by atoms with E-state index in [1.54, 1.807) is 30.5 Å². The van der Waals surface area contributed by atoms with Gasteiger partial charge in [0.05, 0.1) is 22.5 Å². The zero-order chi connectivity index (χ0) is 31.6. The molecule has 1 fully saturated rings. The lowest BCUT2D eigenvalue weighted by Gasteiger charge is -2.33. The number of hydrogen-bond acceptors (Lipinski definition) is 6. The molecule has 1 atom stereocenters. The smallest absolute Gasteiger partial charge is 0.383 e. The van der Waals surface area contributed by atoms with Crippen LogP contribution in [0.2, 0.25) is 0 Å². The highest BCUT2D eigenvalue weighted by Gasteiger charge is 2.31. The van der Waals surface area contributed by atoms with Crippen LogP contribution in [0.15, 0.2) is 54.9 Å². The summed E-state index contributed by atoms with van der Waals surface area (Å²) in [7, 11) is 0. The zero-order valence-corrected chi connectivity index (χ0v) is 24.7. The highest BCUT2D eigenvalue weighted by Crippen LogP contribution is 2.37. The standard InChI is InChI=1S/C33H34F3N7O2/c34-33(35,36)24-15-16-38-26(18-24)40-32(45)22-13-11-21(12-14-22)29-28-30-23(19-39-31(28)37)8-5-3-1-2-4-6-10-27(44)42-17-7-9-25(20-42)43(30)41-29/h5,8,11-16,18-19,25H,1-4,6-7,9-10,17,20H2,(H2,37,39)(H,38,40,45)/t25-/m1/s1. The number of nitrogens with zero attached hydrogens (tertiary/aromatic N) is 5. The number of carbonyl (C=O) groups is 2. The molecule has 3 N–H and O–H groups in total. The Labute approximate surface area is 258 Å². The molecule has 2 aliphatic heterocycles. The quantitative estimate of drug-likeness (QED) is 0.259. The van der Waals surface area contributed by atoms with E-state index in [2.05, 4.69) is 27.4 Å². The van der Waals surface area contributed by atoms with E-state index in [-0.39, 0.29) is 23.3 Å². The van der Waals surface area contributed by atoms with E-state index >= 15 is 0 Å². The van der Waals surface area contributed by atoms with Crippen LogP contribution in [0.25, 0.3) is 28.2 Å². The number of nitrogen functional groups attached to an aromatic ring is 1. The minimum atomic E-state index is -4.55. The number of carbonyl (C=O) groups excluding carboxylic acids is 2. The van der Waals surface area contributed by atoms with Crippen LogP contribution in [0.3, 0.4) is 0 Å². The van der Waals surface area contributed by atoms with E-state index in [9.17, 15) is 22.8 Å². The van der Waals surface area contributed by atoms with Crippen LogP contribution in [0.5, 0.6) is 0 Å². The SMILES string of the molecule is Nc1ncc2c3c1c(-c1ccc(C(=O)Nc4cc(C(F)(F)F)ccn4)cc1)nn3[C@@H]1CCCN(C1)C(=O)CCCCCCC=C2. The molecule has 6 rings (SSSR count). The van der Waals surface area contributed by atoms with Crippen LogP contribution >= 0.6 is 0 Å². The van der Waals surface area contributed by atoms with Crippen LogP contribution in [0, 0.1) is 0 Å². The molecular weight excluding hydrogens is 583 g/mol. The third kappa shape index (κ3) is 6.54. The maximum Gasteiger partial charge on any atom is 0.416 e. The third-order valence-electron chi connectivity index (χ3n) is 8.44. The number of halogens is 3. The maximum atomic E-state index is 13.1. The van der Waals surface area contributed by atoms with Crippen molar-refractivity contribution in [3.05, 3.63) is 71.6 Å². The summed E-state index contributed by atoms with van der Waals surface area (Å²) in [6, 6.07) is 8.19. The van der Waals surface area contributed by atoms with Gasteiger partial charge in [0.25, 0.3) is 5.91 Å². The fourth-order valence-electron chi connectivity index (χ4n) is 6.09. The Morgan fingerprint density at radius 2 is 1.82 bits per heavy atom. The van der Waals surface area contributed by atoms with Gasteiger partial charge in [0, 0.05) is 48.6 Å². The van der Waals surface area contributed by atoms with Crippen LogP contribution in [0.4, 0.5) is 24.8 Å². The first-order valence-electron chi connectivity index (χ1n) is 15.2. The topological polar surface area (TPSA) is 119 Å². The van der Waals surface area contributed by atoms with E-state index in [1.165, 1.54) is 0 Å². The van der Waals surface area contributed by atoms with Crippen molar-refractivity contribution in [2.24, 2.45) is 0 Å². The minimum absolute atomic E-state index is 0.0527. The molecule has 1 saturated heterocycles. The van der Waals surface area contributed by atoms with Crippen LogP contribution < -0.4 is 11.1 Å². The Morgan fingerprint density at radius 1 is 1.02 bits per heavy atom. The molecule has 4 aromatic rings. The largest absolute Gasteiger partial charge is 0.416 e. The Morgan fingerprint density at radius 3 is 2.62 bits per heavy atom. The first kappa shape index (κ1) is 30.3. The van der Waals surface area contributed by atoms with E-state index < -0.39 is 17.6 Å². The minimum Gasteiger partial charge on any atom is -0.383 e. The molecule has 1 aromatic carbocycles. The van der Waals surface area contributed by atoms with Crippen LogP contribution in [-0.2, 0) is 11.0 Å². The summed E-state index contributed by atoms with van der Waals surface area (Å²) >= 11 is 0. The molecule has 2 bridgehead atoms. The number of allylic oxidation sites excluding steroid dienone is 1. The van der Waals surface area contributed by atoms with Gasteiger partial charge in [0.15, 0.2) is 0 Å². The monoisotopic (exact) mass is 617 g/mol. The summed E-state index contributed by atoms with van der Waals surface area (Å²) in [5.41, 5.74) is 8.85. The van der Waals surface area contributed by atoms with Gasteiger partial charge >= 0.3 is 6.18 Å². The second-order valence-electron chi connectivity index (χ2n) is 11.6. The number of fused-ring (bicyclic) bond motifs is 3. The van der Waals surface area contributed by atoms with E-state index in [0.717, 1.165) is 80.9 Å². The lowest BCUT2D eigenvalue weighted by molar-refractivity contribution is -0.137. The van der Waals surface area contributed by atoms with Gasteiger partial charge in [-0.05, 0) is 56.4 Å². The average Bonchev–Trinajstić information content (AvgIpc) is 3.44. The van der Waals surface area contributed by atoms with Crippen LogP contribution in [0.1, 0.15) is 78.9 Å². The van der Waals surface area contributed by atoms with Crippen molar-refractivity contribution >= 4 is 40.4 Å². The Balaban J connectivity index is 1.36. The van der Waals surface area contributed by atoms with Crippen molar-refractivity contribution in [2.45, 2.75) is 63.6 Å². The maximum absolute atomic E-state index is 13.1. The normalized spacial score (nSPS) is 18.0. The lowest BCUT2D eigenvalue weighted by Crippen LogP contribution is -2.40. The fourth-order valence-corrected chi connectivity index (χ4v) is 6.09. The molecule has 0 aliphatic carbocycles. The number of alkyl halides is 3. The zero-order valence-electron chi connectivity index (χ0n) is 24.7. The molecule has 2 aliphatic rings. The van der Waals surface area contributed by atoms with Gasteiger partial charge in [0.1, 0.15) is 17.3 Å². The lowest BCUT2D eigenvalue weighted by atomic mass is 10.0. The second-order valence-corrected chi connectivity index (χ2v) is 11.6. The number of anilines is 2. The molecule has 0 saturated carbocycles. The number of hydrogen-bond donors (Lipinski definition) is 2. The van der Waals surface area contributed by atoms with Gasteiger partial charge in [-0.3, -0.25) is 14.3 Å². The molecule has 0 unspecified atom stereocenters. The van der Waals surface area contributed by atoms with Crippen molar-refractivity contribution in [3.63, 3.8) is 0 Å². The predicted molar refractivity (Wildman–Crippen MR) is 166 cm³/mol. The molecule has 12 heteroatoms. The number of piperidine rings is 1. The Hall–Kier alpha value is -4.74. The number of nitrogens with two attached hydrogens (primary N) is 1. The van der Waals surface area contributed by atoms with E-state index in [1.807, 2.05) is 9.58 Å². The van der Waals surface area contributed by atoms with Crippen molar-refractivity contribution in [1.82, 2.24) is 24.6 Å². The third-order valence-corrected chi connectivity index (χ3v) is 8.44. The molecule has 9 nitrogen and oxygen atoms in total. The second kappa shape index (κ2) is 12.7. The fraction of sp³-hybridized carbons (Fsp3) is 0.364. The summed E-state index contributed by atoms with van der Waals surface area (Å²) in [6.07, 6.45) is 9.65. The number of pyridine rings is 2. The highest BCUT2D eigenvalue weighted by molar-refractivity contribution is 6.06. The van der Waals surface area contributed by atoms with E-state index in [4.69, 9.17) is 10.8 Å². The predicted octanol–water partition coefficient (Wildman–Crippen LogP) is 6.88. The van der Waals surface area contributed by atoms with Gasteiger partial charge in [0.2, 0.25) is 5.91 Å². The summed E-state index contributed by atoms with van der Waals surface area (Å²) in [5.74, 6) is -0.297. The summed E-state index contributed by atoms with van der Waals surface area (Å²) in [5, 5.41) is 8.19.